The van der Waals surface area contributed by atoms with Crippen molar-refractivity contribution < 1.29 is 19.2 Å². The van der Waals surface area contributed by atoms with E-state index in [0.29, 0.717) is 30.0 Å². The first-order valence-corrected chi connectivity index (χ1v) is 7.08. The molecule has 6 nitrogen and oxygen atoms in total. The fourth-order valence-corrected chi connectivity index (χ4v) is 2.86. The van der Waals surface area contributed by atoms with Crippen LogP contribution in [0.1, 0.15) is 28.6 Å². The number of carboxylic acids is 1. The number of hydrogen-bond acceptors (Lipinski definition) is 4. The number of fused-ring (bicyclic) bond motifs is 1. The molecule has 1 aromatic heterocycles. The Balaban J connectivity index is 1.86. The van der Waals surface area contributed by atoms with Crippen molar-refractivity contribution in [3.05, 3.63) is 52.9 Å². The van der Waals surface area contributed by atoms with Gasteiger partial charge in [0.25, 0.3) is 0 Å². The van der Waals surface area contributed by atoms with Gasteiger partial charge in [-0.15, -0.1) is 0 Å². The van der Waals surface area contributed by atoms with Crippen LogP contribution >= 0.6 is 0 Å². The number of aryl methyl sites for hydroxylation is 1. The van der Waals surface area contributed by atoms with Crippen LogP contribution in [0.3, 0.4) is 0 Å². The zero-order chi connectivity index (χ0) is 15.7. The highest BCUT2D eigenvalue weighted by Gasteiger charge is 2.35. The summed E-state index contributed by atoms with van der Waals surface area (Å²) >= 11 is 0. The Labute approximate surface area is 127 Å². The van der Waals surface area contributed by atoms with Crippen molar-refractivity contribution in [1.82, 2.24) is 10.1 Å². The summed E-state index contributed by atoms with van der Waals surface area (Å²) in [6.07, 6.45) is 0.701. The molecule has 0 bridgehead atoms. The summed E-state index contributed by atoms with van der Waals surface area (Å²) in [6, 6.07) is 8.11. The van der Waals surface area contributed by atoms with Crippen molar-refractivity contribution >= 4 is 11.9 Å². The lowest BCUT2D eigenvalue weighted by Gasteiger charge is -2.34. The van der Waals surface area contributed by atoms with Crippen molar-refractivity contribution in [2.24, 2.45) is 0 Å². The van der Waals surface area contributed by atoms with Crippen molar-refractivity contribution in [1.29, 1.82) is 0 Å². The van der Waals surface area contributed by atoms with E-state index in [1.807, 2.05) is 12.1 Å². The minimum Gasteiger partial charge on any atom is -0.479 e. The number of carboxylic acid groups (broad SMARTS) is 1. The standard InChI is InChI=1S/C16H16N2O4/c1-10-8-12(17-22-10)9-14(19)18-7-6-11-4-2-3-5-13(11)15(18)16(20)21/h2-5,8,15H,6-7,9H2,1H3,(H,20,21). The summed E-state index contributed by atoms with van der Waals surface area (Å²) in [5, 5.41) is 13.3. The number of aliphatic carboxylic acids is 1. The van der Waals surface area contributed by atoms with Gasteiger partial charge < -0.3 is 14.5 Å². The average molecular weight is 300 g/mol. The van der Waals surface area contributed by atoms with E-state index in [0.717, 1.165) is 5.56 Å². The summed E-state index contributed by atoms with van der Waals surface area (Å²) in [6.45, 7) is 2.14. The first-order valence-electron chi connectivity index (χ1n) is 7.08. The lowest BCUT2D eigenvalue weighted by molar-refractivity contribution is -0.151. The third-order valence-electron chi connectivity index (χ3n) is 3.85. The largest absolute Gasteiger partial charge is 0.479 e. The molecule has 0 fully saturated rings. The van der Waals surface area contributed by atoms with E-state index in [-0.39, 0.29) is 12.3 Å². The van der Waals surface area contributed by atoms with Gasteiger partial charge in [0.2, 0.25) is 5.91 Å². The second-order valence-corrected chi connectivity index (χ2v) is 5.38. The molecule has 1 N–H and O–H groups in total. The predicted molar refractivity (Wildman–Crippen MR) is 77.2 cm³/mol. The highest BCUT2D eigenvalue weighted by molar-refractivity contribution is 5.86. The molecule has 114 valence electrons. The molecule has 2 heterocycles. The molecule has 1 aliphatic rings. The van der Waals surface area contributed by atoms with Crippen LogP contribution in [0.2, 0.25) is 0 Å². The number of hydrogen-bond donors (Lipinski definition) is 1. The molecule has 3 rings (SSSR count). The van der Waals surface area contributed by atoms with Gasteiger partial charge in [0.15, 0.2) is 6.04 Å². The number of rotatable bonds is 3. The normalized spacial score (nSPS) is 17.1. The number of aromatic nitrogens is 1. The van der Waals surface area contributed by atoms with Gasteiger partial charge in [0, 0.05) is 12.6 Å². The summed E-state index contributed by atoms with van der Waals surface area (Å²) < 4.78 is 4.95. The van der Waals surface area contributed by atoms with Crippen LogP contribution in [0.15, 0.2) is 34.9 Å². The third-order valence-corrected chi connectivity index (χ3v) is 3.85. The molecule has 0 spiro atoms. The Morgan fingerprint density at radius 3 is 2.86 bits per heavy atom. The number of nitrogens with zero attached hydrogens (tertiary/aromatic N) is 2. The van der Waals surface area contributed by atoms with Crippen molar-refractivity contribution in [2.75, 3.05) is 6.54 Å². The first kappa shape index (κ1) is 14.3. The predicted octanol–water partition coefficient (Wildman–Crippen LogP) is 1.74. The van der Waals surface area contributed by atoms with E-state index >= 15 is 0 Å². The first-order chi connectivity index (χ1) is 10.6. The molecule has 22 heavy (non-hydrogen) atoms. The van der Waals surface area contributed by atoms with E-state index in [4.69, 9.17) is 4.52 Å². The molecule has 1 aliphatic heterocycles. The van der Waals surface area contributed by atoms with Crippen LogP contribution in [0, 0.1) is 6.92 Å². The maximum absolute atomic E-state index is 12.5. The summed E-state index contributed by atoms with van der Waals surface area (Å²) in [5.41, 5.74) is 2.19. The molecular weight excluding hydrogens is 284 g/mol. The highest BCUT2D eigenvalue weighted by Crippen LogP contribution is 2.30. The highest BCUT2D eigenvalue weighted by atomic mass is 16.5. The molecular formula is C16H16N2O4. The quantitative estimate of drug-likeness (QED) is 0.933. The van der Waals surface area contributed by atoms with E-state index in [9.17, 15) is 14.7 Å². The maximum Gasteiger partial charge on any atom is 0.331 e. The average Bonchev–Trinajstić information content (AvgIpc) is 2.90. The topological polar surface area (TPSA) is 83.6 Å². The van der Waals surface area contributed by atoms with E-state index in [2.05, 4.69) is 5.16 Å². The molecule has 0 saturated heterocycles. The molecule has 1 atom stereocenters. The van der Waals surface area contributed by atoms with Gasteiger partial charge in [-0.2, -0.15) is 0 Å². The second-order valence-electron chi connectivity index (χ2n) is 5.38. The molecule has 0 aliphatic carbocycles. The van der Waals surface area contributed by atoms with Gasteiger partial charge in [-0.25, -0.2) is 4.79 Å². The second kappa shape index (κ2) is 5.63. The fourth-order valence-electron chi connectivity index (χ4n) is 2.86. The SMILES string of the molecule is Cc1cc(CC(=O)N2CCc3ccccc3C2C(=O)O)no1. The molecule has 1 unspecified atom stereocenters. The number of carbonyl (C=O) groups excluding carboxylic acids is 1. The van der Waals surface area contributed by atoms with Crippen molar-refractivity contribution in [2.45, 2.75) is 25.8 Å². The van der Waals surface area contributed by atoms with Crippen LogP contribution in [-0.4, -0.2) is 33.6 Å². The van der Waals surface area contributed by atoms with Gasteiger partial charge in [-0.1, -0.05) is 29.4 Å². The van der Waals surface area contributed by atoms with E-state index in [1.165, 1.54) is 4.90 Å². The van der Waals surface area contributed by atoms with Crippen molar-refractivity contribution in [3.8, 4) is 0 Å². The Morgan fingerprint density at radius 1 is 1.41 bits per heavy atom. The van der Waals surface area contributed by atoms with E-state index in [1.54, 1.807) is 25.1 Å². The summed E-state index contributed by atoms with van der Waals surface area (Å²) in [7, 11) is 0. The van der Waals surface area contributed by atoms with Crippen LogP contribution in [0.25, 0.3) is 0 Å². The maximum atomic E-state index is 12.5. The fraction of sp³-hybridized carbons (Fsp3) is 0.312. The molecule has 6 heteroatoms. The van der Waals surface area contributed by atoms with Crippen LogP contribution in [-0.2, 0) is 22.4 Å². The minimum atomic E-state index is -1.02. The third kappa shape index (κ3) is 2.59. The van der Waals surface area contributed by atoms with Gasteiger partial charge >= 0.3 is 5.97 Å². The Bertz CT molecular complexity index is 722. The lowest BCUT2D eigenvalue weighted by Crippen LogP contribution is -2.44. The Morgan fingerprint density at radius 2 is 2.18 bits per heavy atom. The molecule has 1 aromatic carbocycles. The van der Waals surface area contributed by atoms with Gasteiger partial charge in [-0.3, -0.25) is 4.79 Å². The molecule has 2 aromatic rings. The molecule has 1 amide bonds. The zero-order valence-electron chi connectivity index (χ0n) is 12.2. The van der Waals surface area contributed by atoms with Crippen LogP contribution < -0.4 is 0 Å². The Hall–Kier alpha value is -2.63. The summed E-state index contributed by atoms with van der Waals surface area (Å²) in [5.74, 6) is -0.645. The smallest absolute Gasteiger partial charge is 0.331 e. The lowest BCUT2D eigenvalue weighted by atomic mass is 9.92. The number of benzene rings is 1. The Kier molecular flexibility index (Phi) is 3.66. The number of amides is 1. The van der Waals surface area contributed by atoms with Crippen molar-refractivity contribution in [3.63, 3.8) is 0 Å². The zero-order valence-corrected chi connectivity index (χ0v) is 12.2. The molecule has 0 radical (unpaired) electrons. The molecule has 0 saturated carbocycles. The minimum absolute atomic E-state index is 0.0449. The van der Waals surface area contributed by atoms with Gasteiger partial charge in [0.1, 0.15) is 5.76 Å². The van der Waals surface area contributed by atoms with Crippen LogP contribution in [0.4, 0.5) is 0 Å². The summed E-state index contributed by atoms with van der Waals surface area (Å²) in [4.78, 5) is 25.6. The van der Waals surface area contributed by atoms with Gasteiger partial charge in [-0.05, 0) is 24.5 Å². The number of carbonyl (C=O) groups is 2. The van der Waals surface area contributed by atoms with Crippen LogP contribution in [0.5, 0.6) is 0 Å². The monoisotopic (exact) mass is 300 g/mol. The van der Waals surface area contributed by atoms with E-state index < -0.39 is 12.0 Å². The van der Waals surface area contributed by atoms with Gasteiger partial charge in [0.05, 0.1) is 12.1 Å².